The molecular formula is C17H10Cl2F3NO2. The van der Waals surface area contributed by atoms with Crippen molar-refractivity contribution in [3.05, 3.63) is 57.6 Å². The number of alkyl halides is 3. The van der Waals surface area contributed by atoms with Gasteiger partial charge in [-0.3, -0.25) is 4.79 Å². The van der Waals surface area contributed by atoms with Crippen molar-refractivity contribution in [1.29, 1.82) is 0 Å². The number of carbonyl (C=O) groups is 1. The predicted octanol–water partition coefficient (Wildman–Crippen LogP) is 5.43. The Hall–Kier alpha value is -2.18. The molecule has 2 aromatic carbocycles. The molecule has 0 fully saturated rings. The van der Waals surface area contributed by atoms with Gasteiger partial charge in [0.2, 0.25) is 0 Å². The van der Waals surface area contributed by atoms with Gasteiger partial charge in [-0.1, -0.05) is 29.3 Å². The Balaban J connectivity index is 2.01. The maximum atomic E-state index is 12.4. The van der Waals surface area contributed by atoms with Crippen molar-refractivity contribution in [3.8, 4) is 5.75 Å². The molecule has 8 heteroatoms. The smallest absolute Gasteiger partial charge is 0.422 e. The number of hydrogen-bond donors (Lipinski definition) is 1. The van der Waals surface area contributed by atoms with E-state index in [0.717, 1.165) is 0 Å². The molecule has 3 nitrogen and oxygen atoms in total. The largest absolute Gasteiger partial charge is 0.483 e. The van der Waals surface area contributed by atoms with Crippen LogP contribution in [0, 0.1) is 0 Å². The zero-order valence-electron chi connectivity index (χ0n) is 12.5. The first-order valence-corrected chi connectivity index (χ1v) is 7.80. The molecular weight excluding hydrogens is 378 g/mol. The first kappa shape index (κ1) is 17.6. The Morgan fingerprint density at radius 3 is 2.48 bits per heavy atom. The molecule has 1 heterocycles. The minimum atomic E-state index is -4.47. The van der Waals surface area contributed by atoms with Gasteiger partial charge < -0.3 is 10.1 Å². The van der Waals surface area contributed by atoms with Crippen molar-refractivity contribution in [2.45, 2.75) is 6.18 Å². The number of anilines is 1. The third kappa shape index (κ3) is 4.08. The lowest BCUT2D eigenvalue weighted by atomic mass is 10.0. The maximum Gasteiger partial charge on any atom is 0.422 e. The fraction of sp³-hybridized carbons (Fsp3) is 0.118. The molecule has 130 valence electrons. The molecule has 0 spiro atoms. The van der Waals surface area contributed by atoms with Crippen LogP contribution in [0.3, 0.4) is 0 Å². The number of benzene rings is 2. The maximum absolute atomic E-state index is 12.4. The highest BCUT2D eigenvalue weighted by molar-refractivity contribution is 6.37. The van der Waals surface area contributed by atoms with Crippen LogP contribution in [0.2, 0.25) is 10.0 Å². The van der Waals surface area contributed by atoms with E-state index in [1.165, 1.54) is 24.3 Å². The fourth-order valence-electron chi connectivity index (χ4n) is 2.39. The second-order valence-electron chi connectivity index (χ2n) is 5.29. The molecule has 0 saturated carbocycles. The summed E-state index contributed by atoms with van der Waals surface area (Å²) in [6.07, 6.45) is -3.04. The SMILES string of the molecule is O=C1Nc2cc(Cl)ccc2C1=Cc1cc(Cl)ccc1OCC(F)(F)F. The molecule has 0 atom stereocenters. The van der Waals surface area contributed by atoms with Crippen molar-refractivity contribution in [2.75, 3.05) is 11.9 Å². The van der Waals surface area contributed by atoms with Crippen molar-refractivity contribution in [3.63, 3.8) is 0 Å². The van der Waals surface area contributed by atoms with Gasteiger partial charge in [0.25, 0.3) is 5.91 Å². The molecule has 1 aliphatic rings. The molecule has 0 bridgehead atoms. The van der Waals surface area contributed by atoms with Gasteiger partial charge in [-0.2, -0.15) is 13.2 Å². The number of carbonyl (C=O) groups excluding carboxylic acids is 1. The summed E-state index contributed by atoms with van der Waals surface area (Å²) >= 11 is 11.8. The Labute approximate surface area is 151 Å². The van der Waals surface area contributed by atoms with Crippen molar-refractivity contribution in [2.24, 2.45) is 0 Å². The summed E-state index contributed by atoms with van der Waals surface area (Å²) in [4.78, 5) is 12.2. The average molecular weight is 388 g/mol. The Kier molecular flexibility index (Phi) is 4.67. The van der Waals surface area contributed by atoms with E-state index in [0.29, 0.717) is 21.3 Å². The van der Waals surface area contributed by atoms with Crippen LogP contribution in [-0.2, 0) is 4.79 Å². The Morgan fingerprint density at radius 1 is 1.08 bits per heavy atom. The molecule has 0 saturated heterocycles. The Bertz CT molecular complexity index is 879. The van der Waals surface area contributed by atoms with Gasteiger partial charge in [0, 0.05) is 26.7 Å². The first-order valence-electron chi connectivity index (χ1n) is 7.05. The second-order valence-corrected chi connectivity index (χ2v) is 6.16. The normalized spacial score (nSPS) is 15.2. The number of amides is 1. The van der Waals surface area contributed by atoms with E-state index >= 15 is 0 Å². The van der Waals surface area contributed by atoms with Gasteiger partial charge in [0.05, 0.1) is 5.69 Å². The van der Waals surface area contributed by atoms with Gasteiger partial charge >= 0.3 is 6.18 Å². The summed E-state index contributed by atoms with van der Waals surface area (Å²) in [5.74, 6) is -0.413. The second kappa shape index (κ2) is 6.61. The van der Waals surface area contributed by atoms with Gasteiger partial charge in [-0.05, 0) is 36.4 Å². The molecule has 1 aliphatic heterocycles. The summed E-state index contributed by atoms with van der Waals surface area (Å²) in [5, 5.41) is 3.42. The van der Waals surface area contributed by atoms with E-state index in [4.69, 9.17) is 27.9 Å². The van der Waals surface area contributed by atoms with Crippen LogP contribution < -0.4 is 10.1 Å². The highest BCUT2D eigenvalue weighted by Crippen LogP contribution is 2.36. The fourth-order valence-corrected chi connectivity index (χ4v) is 2.74. The highest BCUT2D eigenvalue weighted by Gasteiger charge is 2.29. The lowest BCUT2D eigenvalue weighted by molar-refractivity contribution is -0.153. The van der Waals surface area contributed by atoms with E-state index in [1.54, 1.807) is 18.2 Å². The van der Waals surface area contributed by atoms with E-state index in [1.807, 2.05) is 0 Å². The molecule has 0 aliphatic carbocycles. The number of fused-ring (bicyclic) bond motifs is 1. The minimum absolute atomic E-state index is 0.0237. The van der Waals surface area contributed by atoms with Crippen LogP contribution in [0.1, 0.15) is 11.1 Å². The van der Waals surface area contributed by atoms with Crippen LogP contribution in [0.4, 0.5) is 18.9 Å². The van der Waals surface area contributed by atoms with Gasteiger partial charge in [0.15, 0.2) is 6.61 Å². The summed E-state index contributed by atoms with van der Waals surface area (Å²) < 4.78 is 42.1. The summed E-state index contributed by atoms with van der Waals surface area (Å²) in [7, 11) is 0. The number of halogens is 5. The van der Waals surface area contributed by atoms with Crippen LogP contribution in [0.25, 0.3) is 11.6 Å². The summed E-state index contributed by atoms with van der Waals surface area (Å²) in [6, 6.07) is 9.04. The third-order valence-electron chi connectivity index (χ3n) is 3.43. The van der Waals surface area contributed by atoms with E-state index in [-0.39, 0.29) is 22.8 Å². The number of nitrogens with one attached hydrogen (secondary N) is 1. The first-order chi connectivity index (χ1) is 11.7. The van der Waals surface area contributed by atoms with E-state index in [9.17, 15) is 18.0 Å². The topological polar surface area (TPSA) is 38.3 Å². The molecule has 1 N–H and O–H groups in total. The van der Waals surface area contributed by atoms with Crippen LogP contribution in [0.5, 0.6) is 5.75 Å². The summed E-state index contributed by atoms with van der Waals surface area (Å²) in [5.41, 5.74) is 1.68. The minimum Gasteiger partial charge on any atom is -0.483 e. The van der Waals surface area contributed by atoms with Crippen molar-refractivity contribution in [1.82, 2.24) is 0 Å². The number of ether oxygens (including phenoxy) is 1. The molecule has 25 heavy (non-hydrogen) atoms. The molecule has 0 radical (unpaired) electrons. The predicted molar refractivity (Wildman–Crippen MR) is 91.0 cm³/mol. The summed E-state index contributed by atoms with van der Waals surface area (Å²) in [6.45, 7) is -1.44. The standard InChI is InChI=1S/C17H10Cl2F3NO2/c18-10-2-4-15(25-8-17(20,21)22)9(5-10)6-13-12-3-1-11(19)7-14(12)23-16(13)24/h1-7H,8H2,(H,23,24). The molecule has 3 rings (SSSR count). The van der Waals surface area contributed by atoms with Crippen molar-refractivity contribution >= 4 is 46.4 Å². The zero-order chi connectivity index (χ0) is 18.2. The molecule has 2 aromatic rings. The monoisotopic (exact) mass is 387 g/mol. The van der Waals surface area contributed by atoms with Crippen LogP contribution in [0.15, 0.2) is 36.4 Å². The molecule has 0 aromatic heterocycles. The van der Waals surface area contributed by atoms with Crippen molar-refractivity contribution < 1.29 is 22.7 Å². The quantitative estimate of drug-likeness (QED) is 0.713. The lowest BCUT2D eigenvalue weighted by Gasteiger charge is -2.12. The van der Waals surface area contributed by atoms with Gasteiger partial charge in [0.1, 0.15) is 5.75 Å². The number of hydrogen-bond acceptors (Lipinski definition) is 2. The molecule has 1 amide bonds. The highest BCUT2D eigenvalue weighted by atomic mass is 35.5. The van der Waals surface area contributed by atoms with Gasteiger partial charge in [-0.25, -0.2) is 0 Å². The third-order valence-corrected chi connectivity index (χ3v) is 3.90. The number of rotatable bonds is 3. The molecule has 0 unspecified atom stereocenters. The Morgan fingerprint density at radius 2 is 1.76 bits per heavy atom. The van der Waals surface area contributed by atoms with Gasteiger partial charge in [-0.15, -0.1) is 0 Å². The van der Waals surface area contributed by atoms with E-state index in [2.05, 4.69) is 5.32 Å². The van der Waals surface area contributed by atoms with Crippen LogP contribution >= 0.6 is 23.2 Å². The average Bonchev–Trinajstić information content (AvgIpc) is 2.80. The van der Waals surface area contributed by atoms with Crippen LogP contribution in [-0.4, -0.2) is 18.7 Å². The van der Waals surface area contributed by atoms with E-state index < -0.39 is 12.8 Å². The lowest BCUT2D eigenvalue weighted by Crippen LogP contribution is -2.19. The zero-order valence-corrected chi connectivity index (χ0v) is 14.0.